The highest BCUT2D eigenvalue weighted by molar-refractivity contribution is 5.17. The monoisotopic (exact) mass is 486 g/mol. The summed E-state index contributed by atoms with van der Waals surface area (Å²) in [4.78, 5) is 0. The number of hydrogen-bond acceptors (Lipinski definition) is 1. The minimum atomic E-state index is -0.196. The van der Waals surface area contributed by atoms with E-state index in [1.165, 1.54) is 51.4 Å². The number of hydrogen-bond donors (Lipinski definition) is 1. The second-order valence-corrected chi connectivity index (χ2v) is 15.7. The zero-order chi connectivity index (χ0) is 26.1. The molecule has 0 heterocycles. The molecule has 204 valence electrons. The van der Waals surface area contributed by atoms with Crippen LogP contribution >= 0.6 is 0 Å². The maximum atomic E-state index is 10.9. The fourth-order valence-corrected chi connectivity index (χ4v) is 13.0. The van der Waals surface area contributed by atoms with Gasteiger partial charge in [0.2, 0.25) is 0 Å². The average molecular weight is 487 g/mol. The van der Waals surface area contributed by atoms with Crippen LogP contribution in [0.2, 0.25) is 0 Å². The first-order chi connectivity index (χ1) is 16.3. The van der Waals surface area contributed by atoms with Gasteiger partial charge in [0.15, 0.2) is 0 Å². The molecule has 0 amide bonds. The topological polar surface area (TPSA) is 20.2 Å². The van der Waals surface area contributed by atoms with E-state index in [2.05, 4.69) is 76.2 Å². The maximum Gasteiger partial charge on any atom is 0.0545 e. The summed E-state index contributed by atoms with van der Waals surface area (Å²) in [5.74, 6) is 8.60. The Morgan fingerprint density at radius 3 is 2.11 bits per heavy atom. The second-order valence-electron chi connectivity index (χ2n) is 15.7. The van der Waals surface area contributed by atoms with Crippen molar-refractivity contribution < 1.29 is 5.11 Å². The summed E-state index contributed by atoms with van der Waals surface area (Å²) in [6.07, 6.45) is 11.1. The summed E-state index contributed by atoms with van der Waals surface area (Å²) >= 11 is 0. The van der Waals surface area contributed by atoms with Crippen LogP contribution in [0.15, 0.2) is 0 Å². The molecule has 1 heteroatoms. The maximum absolute atomic E-state index is 10.9. The average Bonchev–Trinajstić information content (AvgIpc) is 2.75. The van der Waals surface area contributed by atoms with Crippen molar-refractivity contribution in [1.29, 1.82) is 0 Å². The Hall–Kier alpha value is -0.0400. The Bertz CT molecular complexity index is 743. The van der Waals surface area contributed by atoms with Crippen molar-refractivity contribution in [3.8, 4) is 0 Å². The summed E-state index contributed by atoms with van der Waals surface area (Å²) in [5.41, 5.74) is 1.14. The predicted octanol–water partition coefficient (Wildman–Crippen LogP) is 9.48. The Labute approximate surface area is 220 Å². The van der Waals surface area contributed by atoms with Gasteiger partial charge in [0, 0.05) is 0 Å². The first-order valence-electron chi connectivity index (χ1n) is 15.9. The van der Waals surface area contributed by atoms with E-state index in [4.69, 9.17) is 0 Å². The van der Waals surface area contributed by atoms with Gasteiger partial charge in [0.25, 0.3) is 0 Å². The second kappa shape index (κ2) is 9.61. The van der Waals surface area contributed by atoms with Gasteiger partial charge in [-0.1, -0.05) is 94.9 Å². The normalized spacial score (nSPS) is 57.1. The molecule has 4 aliphatic rings. The number of unbranched alkanes of at least 4 members (excludes halogenated alkanes) is 1. The van der Waals surface area contributed by atoms with E-state index < -0.39 is 0 Å². The third kappa shape index (κ3) is 4.01. The van der Waals surface area contributed by atoms with Crippen molar-refractivity contribution in [3.63, 3.8) is 0 Å². The van der Waals surface area contributed by atoms with Gasteiger partial charge in [-0.15, -0.1) is 0 Å². The molecule has 0 spiro atoms. The molecular formula is C34H62O. The molecule has 15 atom stereocenters. The number of rotatable bonds is 5. The summed E-state index contributed by atoms with van der Waals surface area (Å²) in [5, 5.41) is 10.9. The van der Waals surface area contributed by atoms with Gasteiger partial charge in [0.05, 0.1) is 6.10 Å². The van der Waals surface area contributed by atoms with Crippen LogP contribution in [0.4, 0.5) is 0 Å². The highest BCUT2D eigenvalue weighted by Crippen LogP contribution is 2.75. The summed E-state index contributed by atoms with van der Waals surface area (Å²) in [6.45, 7) is 28.0. The third-order valence-corrected chi connectivity index (χ3v) is 14.3. The molecule has 0 aromatic rings. The molecule has 0 aromatic heterocycles. The summed E-state index contributed by atoms with van der Waals surface area (Å²) < 4.78 is 0. The SMILES string of the molecule is CCCCC1CC(CC)C(C)C2C(C)C3C(C)C4(C)C(C)C(C(C)O)C(C)CC4(C)CC3(C)CC12. The van der Waals surface area contributed by atoms with Gasteiger partial charge in [-0.2, -0.15) is 0 Å². The van der Waals surface area contributed by atoms with Crippen LogP contribution in [-0.2, 0) is 0 Å². The summed E-state index contributed by atoms with van der Waals surface area (Å²) in [6, 6.07) is 0. The highest BCUT2D eigenvalue weighted by atomic mass is 16.3. The molecule has 0 radical (unpaired) electrons. The highest BCUT2D eigenvalue weighted by Gasteiger charge is 2.69. The molecule has 15 unspecified atom stereocenters. The van der Waals surface area contributed by atoms with Crippen LogP contribution in [0.1, 0.15) is 128 Å². The Balaban J connectivity index is 1.75. The van der Waals surface area contributed by atoms with Gasteiger partial charge in [-0.25, -0.2) is 0 Å². The lowest BCUT2D eigenvalue weighted by molar-refractivity contribution is -0.252. The van der Waals surface area contributed by atoms with Crippen molar-refractivity contribution >= 4 is 0 Å². The molecule has 4 saturated carbocycles. The largest absolute Gasteiger partial charge is 0.393 e. The van der Waals surface area contributed by atoms with E-state index >= 15 is 0 Å². The molecule has 35 heavy (non-hydrogen) atoms. The quantitative estimate of drug-likeness (QED) is 0.410. The van der Waals surface area contributed by atoms with Gasteiger partial charge in [0.1, 0.15) is 0 Å². The Morgan fingerprint density at radius 1 is 0.886 bits per heavy atom. The standard InChI is InChI=1S/C34H62O/c1-12-14-15-27-16-26(13-2)21(4)30-22(5)31-24(7)34(11)23(6)29(25(8)35)20(3)17-33(34,10)19-32(31,9)18-28(27)30/h20-31,35H,12-19H2,1-11H3. The van der Waals surface area contributed by atoms with Crippen molar-refractivity contribution in [2.75, 3.05) is 0 Å². The molecule has 4 rings (SSSR count). The molecule has 4 aliphatic carbocycles. The fraction of sp³-hybridized carbons (Fsp3) is 1.00. The van der Waals surface area contributed by atoms with Crippen molar-refractivity contribution in [1.82, 2.24) is 0 Å². The van der Waals surface area contributed by atoms with Crippen molar-refractivity contribution in [2.24, 2.45) is 81.3 Å². The first-order valence-corrected chi connectivity index (χ1v) is 15.9. The minimum Gasteiger partial charge on any atom is -0.393 e. The Kier molecular flexibility index (Phi) is 7.68. The lowest BCUT2D eigenvalue weighted by atomic mass is 9.32. The molecule has 1 nitrogen and oxygen atoms in total. The van der Waals surface area contributed by atoms with Crippen molar-refractivity contribution in [2.45, 2.75) is 134 Å². The van der Waals surface area contributed by atoms with Gasteiger partial charge < -0.3 is 5.11 Å². The van der Waals surface area contributed by atoms with Gasteiger partial charge in [-0.3, -0.25) is 0 Å². The molecule has 0 aliphatic heterocycles. The van der Waals surface area contributed by atoms with Gasteiger partial charge >= 0.3 is 0 Å². The molecule has 0 aromatic carbocycles. The van der Waals surface area contributed by atoms with Gasteiger partial charge in [-0.05, 0) is 114 Å². The van der Waals surface area contributed by atoms with E-state index in [0.717, 1.165) is 41.4 Å². The molecule has 4 fully saturated rings. The lowest BCUT2D eigenvalue weighted by Crippen LogP contribution is -2.67. The molecular weight excluding hydrogens is 424 g/mol. The predicted molar refractivity (Wildman–Crippen MR) is 151 cm³/mol. The number of aliphatic hydroxyl groups is 1. The van der Waals surface area contributed by atoms with Crippen LogP contribution < -0.4 is 0 Å². The van der Waals surface area contributed by atoms with E-state index in [-0.39, 0.29) is 6.10 Å². The van der Waals surface area contributed by atoms with Crippen molar-refractivity contribution in [3.05, 3.63) is 0 Å². The molecule has 0 bridgehead atoms. The molecule has 0 saturated heterocycles. The zero-order valence-corrected chi connectivity index (χ0v) is 25.5. The first kappa shape index (κ1) is 28.0. The summed E-state index contributed by atoms with van der Waals surface area (Å²) in [7, 11) is 0. The van der Waals surface area contributed by atoms with Crippen LogP contribution in [0, 0.1) is 81.3 Å². The van der Waals surface area contributed by atoms with E-state index in [1.54, 1.807) is 0 Å². The van der Waals surface area contributed by atoms with E-state index in [9.17, 15) is 5.11 Å². The van der Waals surface area contributed by atoms with Crippen LogP contribution in [-0.4, -0.2) is 11.2 Å². The van der Waals surface area contributed by atoms with Crippen LogP contribution in [0.5, 0.6) is 0 Å². The van der Waals surface area contributed by atoms with E-state index in [1.807, 2.05) is 0 Å². The number of aliphatic hydroxyl groups excluding tert-OH is 1. The van der Waals surface area contributed by atoms with Crippen LogP contribution in [0.25, 0.3) is 0 Å². The lowest BCUT2D eigenvalue weighted by Gasteiger charge is -2.73. The fourth-order valence-electron chi connectivity index (χ4n) is 13.0. The van der Waals surface area contributed by atoms with E-state index in [0.29, 0.717) is 39.9 Å². The third-order valence-electron chi connectivity index (χ3n) is 14.3. The van der Waals surface area contributed by atoms with Crippen LogP contribution in [0.3, 0.4) is 0 Å². The molecule has 1 N–H and O–H groups in total. The zero-order valence-electron chi connectivity index (χ0n) is 25.5. The minimum absolute atomic E-state index is 0.196. The smallest absolute Gasteiger partial charge is 0.0545 e. The Morgan fingerprint density at radius 2 is 1.54 bits per heavy atom. The number of fused-ring (bicyclic) bond motifs is 3.